The van der Waals surface area contributed by atoms with E-state index in [1.54, 1.807) is 13.8 Å². The SMILES string of the molecule is CCCCCCCCCCCCCCCC(=O)N[C@@H](C)CN(CC(=O)N[C@@H](C)CN(CC(=O)N[C@@H](CC(C)C)CN(CC(=O)N[C@@H](CC(C)C)CN(CC(=O)N[C@@H](CC(C)C)CN(CC(N)=O)C(=O)CCCN)C(=O)CCCN)C(=O)CCCN)C(C)=O)C(C)=O. The van der Waals surface area contributed by atoms with Crippen molar-refractivity contribution >= 4 is 65.0 Å². The van der Waals surface area contributed by atoms with Crippen molar-refractivity contribution in [3.05, 3.63) is 0 Å². The van der Waals surface area contributed by atoms with Gasteiger partial charge < -0.3 is 74.0 Å². The van der Waals surface area contributed by atoms with E-state index in [4.69, 9.17) is 22.9 Å². The lowest BCUT2D eigenvalue weighted by atomic mass is 10.0. The molecule has 0 aromatic heterocycles. The monoisotopic (exact) mass is 1290 g/mol. The van der Waals surface area contributed by atoms with Crippen molar-refractivity contribution < 1.29 is 52.7 Å². The van der Waals surface area contributed by atoms with Crippen LogP contribution in [0.1, 0.15) is 224 Å². The van der Waals surface area contributed by atoms with Crippen LogP contribution in [0.4, 0.5) is 0 Å². The third-order valence-electron chi connectivity index (χ3n) is 15.4. The Hall–Kier alpha value is -5.95. The summed E-state index contributed by atoms with van der Waals surface area (Å²) < 4.78 is 0. The lowest BCUT2D eigenvalue weighted by molar-refractivity contribution is -0.139. The number of amides is 11. The molecule has 0 bridgehead atoms. The van der Waals surface area contributed by atoms with Crippen molar-refractivity contribution in [1.29, 1.82) is 0 Å². The van der Waals surface area contributed by atoms with Crippen LogP contribution in [0.15, 0.2) is 0 Å². The van der Waals surface area contributed by atoms with Crippen molar-refractivity contribution in [3.8, 4) is 0 Å². The zero-order valence-corrected chi connectivity index (χ0v) is 58.1. The molecule has 13 N–H and O–H groups in total. The van der Waals surface area contributed by atoms with Gasteiger partial charge in [-0.3, -0.25) is 52.7 Å². The van der Waals surface area contributed by atoms with Gasteiger partial charge in [0.05, 0.1) is 32.7 Å². The number of nitrogens with two attached hydrogens (primary N) is 4. The Morgan fingerprint density at radius 1 is 0.330 bits per heavy atom. The number of carbonyl (C=O) groups is 11. The van der Waals surface area contributed by atoms with Crippen molar-refractivity contribution in [2.45, 2.75) is 254 Å². The Morgan fingerprint density at radius 2 is 0.604 bits per heavy atom. The Kier molecular flexibility index (Phi) is 47.3. The molecule has 0 saturated heterocycles. The van der Waals surface area contributed by atoms with Crippen LogP contribution < -0.4 is 49.5 Å². The molecular weight excluding hydrogens is 1160 g/mol. The molecule has 11 amide bonds. The maximum Gasteiger partial charge on any atom is 0.239 e. The molecule has 0 aromatic carbocycles. The van der Waals surface area contributed by atoms with Gasteiger partial charge in [-0.05, 0) is 96.2 Å². The highest BCUT2D eigenvalue weighted by molar-refractivity contribution is 5.88. The summed E-state index contributed by atoms with van der Waals surface area (Å²) in [6, 6.07) is -3.02. The van der Waals surface area contributed by atoms with Crippen LogP contribution >= 0.6 is 0 Å². The molecule has 0 fully saturated rings. The minimum absolute atomic E-state index is 0.00233. The van der Waals surface area contributed by atoms with E-state index in [0.717, 1.165) is 19.3 Å². The van der Waals surface area contributed by atoms with Crippen molar-refractivity contribution in [2.24, 2.45) is 40.7 Å². The Morgan fingerprint density at radius 3 is 0.890 bits per heavy atom. The fourth-order valence-corrected chi connectivity index (χ4v) is 11.1. The molecule has 526 valence electrons. The molecule has 0 radical (unpaired) electrons. The second-order valence-electron chi connectivity index (χ2n) is 26.4. The molecule has 0 aromatic rings. The highest BCUT2D eigenvalue weighted by Crippen LogP contribution is 2.16. The molecule has 0 aliphatic heterocycles. The Labute approximate surface area is 546 Å². The van der Waals surface area contributed by atoms with Gasteiger partial charge in [-0.15, -0.1) is 0 Å². The smallest absolute Gasteiger partial charge is 0.239 e. The van der Waals surface area contributed by atoms with Crippen LogP contribution in [0.3, 0.4) is 0 Å². The number of primary amides is 1. The summed E-state index contributed by atoms with van der Waals surface area (Å²) in [6.07, 6.45) is 18.5. The predicted molar refractivity (Wildman–Crippen MR) is 358 cm³/mol. The van der Waals surface area contributed by atoms with E-state index in [-0.39, 0.29) is 132 Å². The normalized spacial score (nSPS) is 12.9. The molecular formula is C66H126N14O11. The number of carbonyl (C=O) groups excluding carboxylic acids is 11. The van der Waals surface area contributed by atoms with Crippen LogP contribution in [0.5, 0.6) is 0 Å². The molecule has 91 heavy (non-hydrogen) atoms. The fourth-order valence-electron chi connectivity index (χ4n) is 11.1. The summed E-state index contributed by atoms with van der Waals surface area (Å²) in [4.78, 5) is 153. The van der Waals surface area contributed by atoms with Crippen LogP contribution in [-0.4, -0.2) is 205 Å². The molecule has 5 atom stereocenters. The number of hydrogen-bond donors (Lipinski definition) is 9. The van der Waals surface area contributed by atoms with Crippen molar-refractivity contribution in [3.63, 3.8) is 0 Å². The Balaban J connectivity index is 6.06. The fraction of sp³-hybridized carbons (Fsp3) is 0.833. The molecule has 0 unspecified atom stereocenters. The first kappa shape index (κ1) is 85.0. The number of hydrogen-bond acceptors (Lipinski definition) is 14. The number of nitrogens with zero attached hydrogens (tertiary/aromatic N) is 5. The van der Waals surface area contributed by atoms with Gasteiger partial charge in [-0.2, -0.15) is 0 Å². The van der Waals surface area contributed by atoms with Gasteiger partial charge in [0.2, 0.25) is 65.0 Å². The first-order valence-electron chi connectivity index (χ1n) is 34.2. The van der Waals surface area contributed by atoms with E-state index >= 15 is 0 Å². The minimum Gasteiger partial charge on any atom is -0.368 e. The molecule has 0 rings (SSSR count). The average Bonchev–Trinajstić information content (AvgIpc) is 1.94. The summed E-state index contributed by atoms with van der Waals surface area (Å²) in [5.41, 5.74) is 22.7. The van der Waals surface area contributed by atoms with Crippen molar-refractivity contribution in [1.82, 2.24) is 51.1 Å². The van der Waals surface area contributed by atoms with E-state index in [2.05, 4.69) is 33.5 Å². The molecule has 0 aliphatic rings. The summed E-state index contributed by atoms with van der Waals surface area (Å²) in [6.45, 7) is 18.8. The van der Waals surface area contributed by atoms with Gasteiger partial charge >= 0.3 is 0 Å². The number of unbranched alkanes of at least 4 members (excludes halogenated alkanes) is 12. The average molecular weight is 1290 g/mol. The minimum atomic E-state index is -0.714. The Bertz CT molecular complexity index is 2150. The van der Waals surface area contributed by atoms with Gasteiger partial charge in [0.25, 0.3) is 0 Å². The third kappa shape index (κ3) is 44.3. The molecule has 0 spiro atoms. The topological polar surface area (TPSA) is 368 Å². The van der Waals surface area contributed by atoms with E-state index < -0.39 is 85.3 Å². The number of nitrogens with one attached hydrogen (secondary N) is 5. The van der Waals surface area contributed by atoms with E-state index in [1.807, 2.05) is 41.5 Å². The van der Waals surface area contributed by atoms with Crippen LogP contribution in [0, 0.1) is 17.8 Å². The highest BCUT2D eigenvalue weighted by atomic mass is 16.2. The molecule has 25 heteroatoms. The summed E-state index contributed by atoms with van der Waals surface area (Å²) in [5.74, 6) is -4.73. The summed E-state index contributed by atoms with van der Waals surface area (Å²) in [7, 11) is 0. The predicted octanol–water partition coefficient (Wildman–Crippen LogP) is 3.95. The lowest BCUT2D eigenvalue weighted by Crippen LogP contribution is -2.55. The van der Waals surface area contributed by atoms with E-state index in [0.29, 0.717) is 44.9 Å². The maximum absolute atomic E-state index is 14.2. The van der Waals surface area contributed by atoms with E-state index in [9.17, 15) is 52.7 Å². The zero-order chi connectivity index (χ0) is 68.8. The van der Waals surface area contributed by atoms with Crippen LogP contribution in [0.25, 0.3) is 0 Å². The van der Waals surface area contributed by atoms with Gasteiger partial charge in [0, 0.05) is 102 Å². The highest BCUT2D eigenvalue weighted by Gasteiger charge is 2.30. The molecule has 25 nitrogen and oxygen atoms in total. The standard InChI is InChI=1S/C66H126N14O11/c1-12-13-14-15-16-17-18-19-20-21-22-23-24-28-59(84)71-51(8)38-76(53(10)81)44-60(85)72-52(9)39-77(54(11)82)45-61(86)73-56(36-49(4)5)41-79(65(90)30-26-33-68)47-63(88)75-57(37-50(6)7)42-80(66(91)31-27-34-69)46-62(87)74-55(35-48(2)3)40-78(43-58(70)83)64(89)29-25-32-67/h48-52,55-57H,12-47,67-69H2,1-11H3,(H2,70,83)(H,71,84)(H,72,85)(H,73,86)(H,74,87)(H,75,88)/t51-,52-,55-,56-,57-/m0/s1. The van der Waals surface area contributed by atoms with Crippen LogP contribution in [-0.2, 0) is 52.7 Å². The summed E-state index contributed by atoms with van der Waals surface area (Å²) >= 11 is 0. The first-order valence-corrected chi connectivity index (χ1v) is 34.2. The van der Waals surface area contributed by atoms with E-state index in [1.165, 1.54) is 103 Å². The maximum atomic E-state index is 14.2. The molecule has 0 saturated carbocycles. The van der Waals surface area contributed by atoms with Gasteiger partial charge in [0.1, 0.15) is 0 Å². The zero-order valence-electron chi connectivity index (χ0n) is 58.1. The number of rotatable bonds is 54. The van der Waals surface area contributed by atoms with Crippen LogP contribution in [0.2, 0.25) is 0 Å². The second kappa shape index (κ2) is 50.6. The second-order valence-corrected chi connectivity index (χ2v) is 26.4. The van der Waals surface area contributed by atoms with Crippen molar-refractivity contribution in [2.75, 3.05) is 85.1 Å². The first-order chi connectivity index (χ1) is 43.0. The van der Waals surface area contributed by atoms with Gasteiger partial charge in [-0.1, -0.05) is 126 Å². The largest absolute Gasteiger partial charge is 0.368 e. The molecule has 0 aliphatic carbocycles. The quantitative estimate of drug-likeness (QED) is 0.0390. The lowest BCUT2D eigenvalue weighted by Gasteiger charge is -2.32. The van der Waals surface area contributed by atoms with Gasteiger partial charge in [0.15, 0.2) is 0 Å². The summed E-state index contributed by atoms with van der Waals surface area (Å²) in [5, 5.41) is 14.7. The third-order valence-corrected chi connectivity index (χ3v) is 15.4. The van der Waals surface area contributed by atoms with Gasteiger partial charge in [-0.25, -0.2) is 0 Å². The molecule has 0 heterocycles.